The predicted molar refractivity (Wildman–Crippen MR) is 82.1 cm³/mol. The number of aliphatic hydroxyl groups is 1. The van der Waals surface area contributed by atoms with Crippen LogP contribution in [-0.2, 0) is 12.0 Å². The maximum absolute atomic E-state index is 14.2. The van der Waals surface area contributed by atoms with Gasteiger partial charge < -0.3 is 9.84 Å². The molecule has 0 bridgehead atoms. The quantitative estimate of drug-likeness (QED) is 0.899. The van der Waals surface area contributed by atoms with Gasteiger partial charge in [-0.15, -0.1) is 0 Å². The number of ether oxygens (including phenoxy) is 1. The van der Waals surface area contributed by atoms with Crippen LogP contribution in [0, 0.1) is 5.82 Å². The Hall–Kier alpha value is -1.87. The summed E-state index contributed by atoms with van der Waals surface area (Å²) in [6, 6.07) is 12.2. The lowest BCUT2D eigenvalue weighted by Gasteiger charge is -2.27. The van der Waals surface area contributed by atoms with Crippen molar-refractivity contribution < 1.29 is 14.2 Å². The Morgan fingerprint density at radius 3 is 2.57 bits per heavy atom. The van der Waals surface area contributed by atoms with Gasteiger partial charge in [-0.25, -0.2) is 4.39 Å². The highest BCUT2D eigenvalue weighted by molar-refractivity contribution is 5.45. The van der Waals surface area contributed by atoms with E-state index in [2.05, 4.69) is 6.92 Å². The second-order valence-corrected chi connectivity index (χ2v) is 5.34. The largest absolute Gasteiger partial charge is 0.496 e. The fourth-order valence-corrected chi connectivity index (χ4v) is 2.61. The maximum atomic E-state index is 14.2. The molecule has 2 aromatic rings. The lowest BCUT2D eigenvalue weighted by Crippen LogP contribution is -2.25. The number of rotatable bonds is 5. The molecule has 0 aliphatic carbocycles. The molecule has 0 aliphatic rings. The summed E-state index contributed by atoms with van der Waals surface area (Å²) in [5, 5.41) is 10.9. The second kappa shape index (κ2) is 6.27. The molecule has 112 valence electrons. The van der Waals surface area contributed by atoms with Crippen LogP contribution in [0.1, 0.15) is 37.0 Å². The zero-order valence-electron chi connectivity index (χ0n) is 12.7. The van der Waals surface area contributed by atoms with E-state index in [0.717, 1.165) is 18.4 Å². The van der Waals surface area contributed by atoms with Crippen molar-refractivity contribution in [2.45, 2.75) is 32.3 Å². The van der Waals surface area contributed by atoms with Gasteiger partial charge >= 0.3 is 0 Å². The summed E-state index contributed by atoms with van der Waals surface area (Å²) in [4.78, 5) is 0. The molecule has 0 amide bonds. The van der Waals surface area contributed by atoms with Crippen molar-refractivity contribution >= 4 is 0 Å². The van der Waals surface area contributed by atoms with Crippen LogP contribution >= 0.6 is 0 Å². The zero-order valence-corrected chi connectivity index (χ0v) is 12.7. The van der Waals surface area contributed by atoms with E-state index >= 15 is 0 Å². The highest BCUT2D eigenvalue weighted by Gasteiger charge is 2.32. The average Bonchev–Trinajstić information content (AvgIpc) is 2.47. The number of hydrogen-bond donors (Lipinski definition) is 1. The van der Waals surface area contributed by atoms with E-state index in [-0.39, 0.29) is 5.56 Å². The Kier molecular flexibility index (Phi) is 4.63. The zero-order chi connectivity index (χ0) is 15.5. The maximum Gasteiger partial charge on any atom is 0.133 e. The van der Waals surface area contributed by atoms with Gasteiger partial charge in [-0.05, 0) is 36.6 Å². The second-order valence-electron chi connectivity index (χ2n) is 5.34. The monoisotopic (exact) mass is 288 g/mol. The van der Waals surface area contributed by atoms with Crippen molar-refractivity contribution in [3.63, 3.8) is 0 Å². The standard InChI is InChI=1S/C18H21FO2/c1-4-7-13-8-5-9-14(12-13)18(2,20)17-15(19)10-6-11-16(17)21-3/h5-6,8-12,20H,4,7H2,1-3H3. The van der Waals surface area contributed by atoms with Gasteiger partial charge in [-0.3, -0.25) is 0 Å². The van der Waals surface area contributed by atoms with E-state index in [9.17, 15) is 9.50 Å². The summed E-state index contributed by atoms with van der Waals surface area (Å²) in [6.07, 6.45) is 1.95. The van der Waals surface area contributed by atoms with Crippen LogP contribution in [-0.4, -0.2) is 12.2 Å². The topological polar surface area (TPSA) is 29.5 Å². The van der Waals surface area contributed by atoms with Crippen LogP contribution in [0.15, 0.2) is 42.5 Å². The predicted octanol–water partition coefficient (Wildman–Crippen LogP) is 4.04. The van der Waals surface area contributed by atoms with Gasteiger partial charge in [0.05, 0.1) is 12.7 Å². The number of aryl methyl sites for hydroxylation is 1. The van der Waals surface area contributed by atoms with Crippen molar-refractivity contribution in [3.8, 4) is 5.75 Å². The summed E-state index contributed by atoms with van der Waals surface area (Å²) in [6.45, 7) is 3.70. The highest BCUT2D eigenvalue weighted by atomic mass is 19.1. The normalized spacial score (nSPS) is 13.8. The Balaban J connectivity index is 2.54. The number of benzene rings is 2. The Labute approximate surface area is 125 Å². The number of methoxy groups -OCH3 is 1. The summed E-state index contributed by atoms with van der Waals surface area (Å²) in [7, 11) is 1.47. The summed E-state index contributed by atoms with van der Waals surface area (Å²) in [5.74, 6) is -0.124. The van der Waals surface area contributed by atoms with E-state index in [0.29, 0.717) is 11.3 Å². The van der Waals surface area contributed by atoms with Gasteiger partial charge in [0.15, 0.2) is 0 Å². The molecule has 0 spiro atoms. The number of hydrogen-bond acceptors (Lipinski definition) is 2. The first-order valence-electron chi connectivity index (χ1n) is 7.15. The molecule has 1 atom stereocenters. The summed E-state index contributed by atoms with van der Waals surface area (Å²) >= 11 is 0. The first-order valence-corrected chi connectivity index (χ1v) is 7.15. The lowest BCUT2D eigenvalue weighted by molar-refractivity contribution is 0.0944. The van der Waals surface area contributed by atoms with Crippen molar-refractivity contribution in [1.82, 2.24) is 0 Å². The van der Waals surface area contributed by atoms with Gasteiger partial charge in [0, 0.05) is 0 Å². The molecule has 2 aromatic carbocycles. The van der Waals surface area contributed by atoms with Crippen LogP contribution in [0.5, 0.6) is 5.75 Å². The number of halogens is 1. The minimum Gasteiger partial charge on any atom is -0.496 e. The minimum absolute atomic E-state index is 0.168. The van der Waals surface area contributed by atoms with E-state index < -0.39 is 11.4 Å². The van der Waals surface area contributed by atoms with E-state index in [1.54, 1.807) is 19.1 Å². The van der Waals surface area contributed by atoms with Crippen molar-refractivity contribution in [2.24, 2.45) is 0 Å². The third kappa shape index (κ3) is 3.08. The molecule has 21 heavy (non-hydrogen) atoms. The lowest BCUT2D eigenvalue weighted by atomic mass is 9.86. The molecule has 2 nitrogen and oxygen atoms in total. The van der Waals surface area contributed by atoms with Crippen LogP contribution in [0.4, 0.5) is 4.39 Å². The average molecular weight is 288 g/mol. The molecule has 1 unspecified atom stereocenters. The first kappa shape index (κ1) is 15.5. The Morgan fingerprint density at radius 2 is 1.90 bits per heavy atom. The molecule has 3 heteroatoms. The van der Waals surface area contributed by atoms with Gasteiger partial charge in [0.2, 0.25) is 0 Å². The summed E-state index contributed by atoms with van der Waals surface area (Å²) < 4.78 is 19.4. The van der Waals surface area contributed by atoms with Crippen LogP contribution in [0.3, 0.4) is 0 Å². The first-order chi connectivity index (χ1) is 10.0. The fourth-order valence-electron chi connectivity index (χ4n) is 2.61. The molecule has 0 aromatic heterocycles. The highest BCUT2D eigenvalue weighted by Crippen LogP contribution is 2.37. The van der Waals surface area contributed by atoms with Crippen LogP contribution in [0.2, 0.25) is 0 Å². The van der Waals surface area contributed by atoms with Gasteiger partial charge in [-0.1, -0.05) is 43.7 Å². The molecule has 2 rings (SSSR count). The summed E-state index contributed by atoms with van der Waals surface area (Å²) in [5.41, 5.74) is 0.518. The smallest absolute Gasteiger partial charge is 0.133 e. The van der Waals surface area contributed by atoms with E-state index in [1.165, 1.54) is 13.2 Å². The molecule has 0 aliphatic heterocycles. The van der Waals surface area contributed by atoms with Gasteiger partial charge in [0.1, 0.15) is 17.2 Å². The molecule has 1 N–H and O–H groups in total. The van der Waals surface area contributed by atoms with Gasteiger partial charge in [-0.2, -0.15) is 0 Å². The van der Waals surface area contributed by atoms with Gasteiger partial charge in [0.25, 0.3) is 0 Å². The molecular weight excluding hydrogens is 267 g/mol. The molecule has 0 heterocycles. The molecular formula is C18H21FO2. The fraction of sp³-hybridized carbons (Fsp3) is 0.333. The van der Waals surface area contributed by atoms with Crippen molar-refractivity contribution in [3.05, 3.63) is 65.0 Å². The van der Waals surface area contributed by atoms with Crippen LogP contribution in [0.25, 0.3) is 0 Å². The Morgan fingerprint density at radius 1 is 1.19 bits per heavy atom. The Bertz CT molecular complexity index is 620. The molecule has 0 saturated heterocycles. The SMILES string of the molecule is CCCc1cccc(C(C)(O)c2c(F)cccc2OC)c1. The minimum atomic E-state index is -1.44. The van der Waals surface area contributed by atoms with E-state index in [4.69, 9.17) is 4.74 Å². The molecule has 0 radical (unpaired) electrons. The van der Waals surface area contributed by atoms with Crippen LogP contribution < -0.4 is 4.74 Å². The van der Waals surface area contributed by atoms with Crippen molar-refractivity contribution in [2.75, 3.05) is 7.11 Å². The third-order valence-electron chi connectivity index (χ3n) is 3.71. The molecule has 0 fully saturated rings. The van der Waals surface area contributed by atoms with E-state index in [1.807, 2.05) is 24.3 Å². The molecule has 0 saturated carbocycles. The third-order valence-corrected chi connectivity index (χ3v) is 3.71. The van der Waals surface area contributed by atoms with Crippen molar-refractivity contribution in [1.29, 1.82) is 0 Å².